The molecule has 2 rings (SSSR count). The Kier molecular flexibility index (Phi) is 4.24. The second kappa shape index (κ2) is 5.91. The number of hydrogen-bond acceptors (Lipinski definition) is 3. The van der Waals surface area contributed by atoms with Crippen molar-refractivity contribution in [1.29, 1.82) is 0 Å². The first-order valence-corrected chi connectivity index (χ1v) is 6.61. The highest BCUT2D eigenvalue weighted by Crippen LogP contribution is 2.20. The zero-order valence-corrected chi connectivity index (χ0v) is 11.5. The van der Waals surface area contributed by atoms with E-state index in [1.807, 2.05) is 12.1 Å². The average molecular weight is 264 g/mol. The van der Waals surface area contributed by atoms with Gasteiger partial charge in [0.1, 0.15) is 5.76 Å². The van der Waals surface area contributed by atoms with E-state index >= 15 is 0 Å². The molecule has 1 saturated heterocycles. The number of carbonyl (C=O) groups excluding carboxylic acids is 2. The van der Waals surface area contributed by atoms with Crippen LogP contribution in [0.4, 0.5) is 0 Å². The predicted octanol–water partition coefficient (Wildman–Crippen LogP) is 1.50. The van der Waals surface area contributed by atoms with Gasteiger partial charge < -0.3 is 14.2 Å². The Morgan fingerprint density at radius 2 is 2.11 bits per heavy atom. The minimum Gasteiger partial charge on any atom is -0.467 e. The van der Waals surface area contributed by atoms with Crippen molar-refractivity contribution in [3.8, 4) is 0 Å². The molecule has 1 aromatic heterocycles. The zero-order chi connectivity index (χ0) is 13.8. The molecule has 0 N–H and O–H groups in total. The maximum Gasteiger partial charge on any atom is 0.225 e. The first-order valence-electron chi connectivity index (χ1n) is 6.61. The van der Waals surface area contributed by atoms with E-state index in [1.54, 1.807) is 30.0 Å². The van der Waals surface area contributed by atoms with Crippen molar-refractivity contribution < 1.29 is 14.0 Å². The van der Waals surface area contributed by atoms with Crippen molar-refractivity contribution in [2.24, 2.45) is 5.92 Å². The van der Waals surface area contributed by atoms with Crippen LogP contribution < -0.4 is 0 Å². The van der Waals surface area contributed by atoms with Gasteiger partial charge in [0.25, 0.3) is 0 Å². The molecular formula is C14H20N2O3. The Balaban J connectivity index is 1.85. The molecule has 1 aliphatic heterocycles. The number of piperidine rings is 1. The van der Waals surface area contributed by atoms with Crippen LogP contribution in [0.25, 0.3) is 0 Å². The fourth-order valence-electron chi connectivity index (χ4n) is 2.47. The molecule has 5 heteroatoms. The summed E-state index contributed by atoms with van der Waals surface area (Å²) in [6.07, 6.45) is 3.11. The normalized spacial score (nSPS) is 16.4. The number of furan rings is 1. The van der Waals surface area contributed by atoms with Crippen LogP contribution in [0, 0.1) is 5.92 Å². The molecule has 1 aliphatic rings. The summed E-state index contributed by atoms with van der Waals surface area (Å²) < 4.78 is 5.24. The standard InChI is InChI=1S/C14H20N2O3/c1-11(17)16-7-5-12(6-8-16)14(18)15(2)10-13-4-3-9-19-13/h3-4,9,12H,5-8,10H2,1-2H3. The van der Waals surface area contributed by atoms with Gasteiger partial charge in [-0.05, 0) is 25.0 Å². The van der Waals surface area contributed by atoms with E-state index in [4.69, 9.17) is 4.42 Å². The lowest BCUT2D eigenvalue weighted by Crippen LogP contribution is -2.42. The van der Waals surface area contributed by atoms with Crippen LogP contribution in [-0.2, 0) is 16.1 Å². The van der Waals surface area contributed by atoms with E-state index in [0.717, 1.165) is 18.6 Å². The molecule has 0 radical (unpaired) electrons. The molecule has 0 aromatic carbocycles. The highest BCUT2D eigenvalue weighted by Gasteiger charge is 2.28. The average Bonchev–Trinajstić information content (AvgIpc) is 2.90. The van der Waals surface area contributed by atoms with Crippen LogP contribution in [0.5, 0.6) is 0 Å². The van der Waals surface area contributed by atoms with E-state index in [0.29, 0.717) is 19.6 Å². The number of carbonyl (C=O) groups is 2. The minimum atomic E-state index is 0.0237. The smallest absolute Gasteiger partial charge is 0.225 e. The summed E-state index contributed by atoms with van der Waals surface area (Å²) in [6.45, 7) is 3.44. The van der Waals surface area contributed by atoms with Crippen LogP contribution in [0.15, 0.2) is 22.8 Å². The third-order valence-corrected chi connectivity index (χ3v) is 3.64. The second-order valence-electron chi connectivity index (χ2n) is 5.05. The highest BCUT2D eigenvalue weighted by atomic mass is 16.3. The summed E-state index contributed by atoms with van der Waals surface area (Å²) >= 11 is 0. The fraction of sp³-hybridized carbons (Fsp3) is 0.571. The Morgan fingerprint density at radius 3 is 2.63 bits per heavy atom. The summed E-state index contributed by atoms with van der Waals surface area (Å²) in [6, 6.07) is 3.68. The van der Waals surface area contributed by atoms with Crippen molar-refractivity contribution in [3.05, 3.63) is 24.2 Å². The number of likely N-dealkylation sites (tertiary alicyclic amines) is 1. The third-order valence-electron chi connectivity index (χ3n) is 3.64. The van der Waals surface area contributed by atoms with Crippen LogP contribution in [0.3, 0.4) is 0 Å². The van der Waals surface area contributed by atoms with Gasteiger partial charge in [-0.3, -0.25) is 9.59 Å². The van der Waals surface area contributed by atoms with Crippen molar-refractivity contribution in [1.82, 2.24) is 9.80 Å². The Bertz CT molecular complexity index is 434. The Morgan fingerprint density at radius 1 is 1.42 bits per heavy atom. The highest BCUT2D eigenvalue weighted by molar-refractivity contribution is 5.79. The maximum atomic E-state index is 12.3. The van der Waals surface area contributed by atoms with Crippen LogP contribution in [-0.4, -0.2) is 41.8 Å². The lowest BCUT2D eigenvalue weighted by atomic mass is 9.95. The molecule has 1 fully saturated rings. The predicted molar refractivity (Wildman–Crippen MR) is 70.2 cm³/mol. The largest absolute Gasteiger partial charge is 0.467 e. The lowest BCUT2D eigenvalue weighted by molar-refractivity contribution is -0.139. The van der Waals surface area contributed by atoms with Gasteiger partial charge in [0, 0.05) is 33.0 Å². The molecule has 2 heterocycles. The summed E-state index contributed by atoms with van der Waals surface area (Å²) in [5.74, 6) is 1.04. The fourth-order valence-corrected chi connectivity index (χ4v) is 2.47. The molecule has 2 amide bonds. The zero-order valence-electron chi connectivity index (χ0n) is 11.5. The van der Waals surface area contributed by atoms with E-state index in [-0.39, 0.29) is 17.7 Å². The molecular weight excluding hydrogens is 244 g/mol. The molecule has 0 spiro atoms. The number of nitrogens with zero attached hydrogens (tertiary/aromatic N) is 2. The van der Waals surface area contributed by atoms with Crippen LogP contribution >= 0.6 is 0 Å². The van der Waals surface area contributed by atoms with Crippen molar-refractivity contribution >= 4 is 11.8 Å². The molecule has 19 heavy (non-hydrogen) atoms. The number of rotatable bonds is 3. The molecule has 1 aromatic rings. The van der Waals surface area contributed by atoms with Gasteiger partial charge in [-0.1, -0.05) is 0 Å². The molecule has 0 bridgehead atoms. The van der Waals surface area contributed by atoms with Crippen molar-refractivity contribution in [2.75, 3.05) is 20.1 Å². The molecule has 0 aliphatic carbocycles. The van der Waals surface area contributed by atoms with Gasteiger partial charge >= 0.3 is 0 Å². The van der Waals surface area contributed by atoms with E-state index in [1.165, 1.54) is 0 Å². The molecule has 104 valence electrons. The van der Waals surface area contributed by atoms with Gasteiger partial charge in [-0.2, -0.15) is 0 Å². The van der Waals surface area contributed by atoms with E-state index in [9.17, 15) is 9.59 Å². The monoisotopic (exact) mass is 264 g/mol. The first-order chi connectivity index (χ1) is 9.08. The lowest BCUT2D eigenvalue weighted by Gasteiger charge is -2.32. The Labute approximate surface area is 113 Å². The van der Waals surface area contributed by atoms with Gasteiger partial charge in [0.05, 0.1) is 12.8 Å². The van der Waals surface area contributed by atoms with Crippen molar-refractivity contribution in [3.63, 3.8) is 0 Å². The number of amides is 2. The molecule has 0 atom stereocenters. The van der Waals surface area contributed by atoms with Gasteiger partial charge in [-0.25, -0.2) is 0 Å². The summed E-state index contributed by atoms with van der Waals surface area (Å²) in [7, 11) is 1.79. The van der Waals surface area contributed by atoms with E-state index < -0.39 is 0 Å². The molecule has 5 nitrogen and oxygen atoms in total. The van der Waals surface area contributed by atoms with Gasteiger partial charge in [0.15, 0.2) is 0 Å². The topological polar surface area (TPSA) is 53.8 Å². The summed E-state index contributed by atoms with van der Waals surface area (Å²) in [5, 5.41) is 0. The third kappa shape index (κ3) is 3.36. The van der Waals surface area contributed by atoms with Crippen LogP contribution in [0.2, 0.25) is 0 Å². The van der Waals surface area contributed by atoms with Gasteiger partial charge in [-0.15, -0.1) is 0 Å². The maximum absolute atomic E-state index is 12.3. The Hall–Kier alpha value is -1.78. The molecule has 0 saturated carbocycles. The van der Waals surface area contributed by atoms with Crippen LogP contribution in [0.1, 0.15) is 25.5 Å². The quantitative estimate of drug-likeness (QED) is 0.831. The summed E-state index contributed by atoms with van der Waals surface area (Å²) in [5.41, 5.74) is 0. The number of hydrogen-bond donors (Lipinski definition) is 0. The first kappa shape index (κ1) is 13.6. The SMILES string of the molecule is CC(=O)N1CCC(C(=O)N(C)Cc2ccco2)CC1. The van der Waals surface area contributed by atoms with Gasteiger partial charge in [0.2, 0.25) is 11.8 Å². The minimum absolute atomic E-state index is 0.0237. The van der Waals surface area contributed by atoms with Crippen molar-refractivity contribution in [2.45, 2.75) is 26.3 Å². The van der Waals surface area contributed by atoms with E-state index in [2.05, 4.69) is 0 Å². The second-order valence-corrected chi connectivity index (χ2v) is 5.05. The molecule has 0 unspecified atom stereocenters. The summed E-state index contributed by atoms with van der Waals surface area (Å²) in [4.78, 5) is 27.0.